The van der Waals surface area contributed by atoms with Gasteiger partial charge in [-0.1, -0.05) is 55.8 Å². The first kappa shape index (κ1) is 26.3. The Balaban J connectivity index is 1.35. The Morgan fingerprint density at radius 2 is 1.47 bits per heavy atom. The Hall–Kier alpha value is -3.33. The number of hydrogen-bond donors (Lipinski definition) is 1. The van der Waals surface area contributed by atoms with Gasteiger partial charge in [-0.2, -0.15) is 4.31 Å². The number of aryl methyl sites for hydroxylation is 1. The zero-order valence-corrected chi connectivity index (χ0v) is 23.2. The lowest BCUT2D eigenvalue weighted by molar-refractivity contribution is 0.141. The molecule has 4 aromatic rings. The molecule has 1 aliphatic rings. The lowest BCUT2D eigenvalue weighted by Gasteiger charge is -2.36. The number of nitrogens with one attached hydrogen (secondary N) is 1. The second-order valence-electron chi connectivity index (χ2n) is 10.3. The first-order valence-electron chi connectivity index (χ1n) is 13.2. The van der Waals surface area contributed by atoms with E-state index in [0.717, 1.165) is 33.8 Å². The molecule has 5 rings (SSSR count). The van der Waals surface area contributed by atoms with Gasteiger partial charge in [-0.15, -0.1) is 0 Å². The van der Waals surface area contributed by atoms with E-state index in [1.54, 1.807) is 16.4 Å². The van der Waals surface area contributed by atoms with Crippen LogP contribution in [0.25, 0.3) is 10.9 Å². The molecule has 1 aromatic heterocycles. The van der Waals surface area contributed by atoms with Crippen LogP contribution < -0.4 is 5.32 Å². The highest BCUT2D eigenvalue weighted by Gasteiger charge is 2.31. The Morgan fingerprint density at radius 1 is 0.816 bits per heavy atom. The van der Waals surface area contributed by atoms with Crippen LogP contribution in [0.5, 0.6) is 0 Å². The summed E-state index contributed by atoms with van der Waals surface area (Å²) < 4.78 is 27.9. The maximum atomic E-state index is 13.1. The second kappa shape index (κ2) is 10.8. The molecule has 1 fully saturated rings. The van der Waals surface area contributed by atoms with Crippen LogP contribution in [0.1, 0.15) is 49.7 Å². The number of benzene rings is 3. The number of hydrogen-bond acceptors (Lipinski definition) is 6. The van der Waals surface area contributed by atoms with Crippen molar-refractivity contribution >= 4 is 32.4 Å². The van der Waals surface area contributed by atoms with Gasteiger partial charge in [0.25, 0.3) is 0 Å². The Morgan fingerprint density at radius 3 is 2.13 bits per heavy atom. The van der Waals surface area contributed by atoms with Gasteiger partial charge in [0.2, 0.25) is 10.0 Å². The third-order valence-corrected chi connectivity index (χ3v) is 9.23. The first-order chi connectivity index (χ1) is 18.2. The van der Waals surface area contributed by atoms with E-state index in [1.165, 1.54) is 5.56 Å². The third kappa shape index (κ3) is 5.43. The predicted octanol–water partition coefficient (Wildman–Crippen LogP) is 5.87. The van der Waals surface area contributed by atoms with E-state index in [-0.39, 0.29) is 6.04 Å². The summed E-state index contributed by atoms with van der Waals surface area (Å²) in [6.45, 7) is 10.5. The van der Waals surface area contributed by atoms with Crippen LogP contribution in [0.3, 0.4) is 0 Å². The molecule has 0 radical (unpaired) electrons. The average Bonchev–Trinajstić information content (AvgIpc) is 2.93. The van der Waals surface area contributed by atoms with Crippen molar-refractivity contribution in [2.45, 2.75) is 44.6 Å². The minimum atomic E-state index is -3.51. The van der Waals surface area contributed by atoms with Crippen molar-refractivity contribution in [1.82, 2.24) is 19.2 Å². The van der Waals surface area contributed by atoms with E-state index >= 15 is 0 Å². The minimum absolute atomic E-state index is 0.0623. The fraction of sp³-hybridized carbons (Fsp3) is 0.333. The van der Waals surface area contributed by atoms with Gasteiger partial charge in [0.1, 0.15) is 11.6 Å². The van der Waals surface area contributed by atoms with E-state index < -0.39 is 10.0 Å². The summed E-state index contributed by atoms with van der Waals surface area (Å²) in [4.78, 5) is 12.4. The topological polar surface area (TPSA) is 78.4 Å². The molecule has 1 atom stereocenters. The standard InChI is InChI=1S/C30H35N5O2S/c1-21(2)24-11-13-25(14-12-24)31-30-27-7-5-6-8-28(27)32-29(33-30)23(4)34-17-19-35(20-18-34)38(36,37)26-15-9-22(3)10-16-26/h5-16,21,23H,17-20H2,1-4H3,(H,31,32,33)/t23-/m0/s1. The fourth-order valence-corrected chi connectivity index (χ4v) is 6.24. The first-order valence-corrected chi connectivity index (χ1v) is 14.6. The van der Waals surface area contributed by atoms with Gasteiger partial charge in [0.05, 0.1) is 16.5 Å². The molecule has 0 spiro atoms. The van der Waals surface area contributed by atoms with Crippen LogP contribution >= 0.6 is 0 Å². The van der Waals surface area contributed by atoms with E-state index in [2.05, 4.69) is 55.3 Å². The van der Waals surface area contributed by atoms with Gasteiger partial charge < -0.3 is 5.32 Å². The maximum Gasteiger partial charge on any atom is 0.243 e. The number of anilines is 2. The van der Waals surface area contributed by atoms with E-state index in [9.17, 15) is 8.42 Å². The molecule has 198 valence electrons. The lowest BCUT2D eigenvalue weighted by Crippen LogP contribution is -2.49. The van der Waals surface area contributed by atoms with Gasteiger partial charge in [0.15, 0.2) is 0 Å². The summed E-state index contributed by atoms with van der Waals surface area (Å²) in [5, 5.41) is 4.47. The number of sulfonamides is 1. The van der Waals surface area contributed by atoms with Gasteiger partial charge in [-0.25, -0.2) is 18.4 Å². The van der Waals surface area contributed by atoms with E-state index in [4.69, 9.17) is 9.97 Å². The molecule has 0 unspecified atom stereocenters. The molecular weight excluding hydrogens is 494 g/mol. The van der Waals surface area contributed by atoms with E-state index in [1.807, 2.05) is 43.3 Å². The molecule has 1 N–H and O–H groups in total. The van der Waals surface area contributed by atoms with Crippen molar-refractivity contribution in [3.63, 3.8) is 0 Å². The molecular formula is C30H35N5O2S. The molecule has 3 aromatic carbocycles. The van der Waals surface area contributed by atoms with Crippen LogP contribution in [-0.2, 0) is 10.0 Å². The number of para-hydroxylation sites is 1. The smallest absolute Gasteiger partial charge is 0.243 e. The molecule has 7 nitrogen and oxygen atoms in total. The summed E-state index contributed by atoms with van der Waals surface area (Å²) in [5.74, 6) is 1.97. The summed E-state index contributed by atoms with van der Waals surface area (Å²) >= 11 is 0. The van der Waals surface area contributed by atoms with Crippen LogP contribution in [0.2, 0.25) is 0 Å². The zero-order chi connectivity index (χ0) is 26.9. The summed E-state index contributed by atoms with van der Waals surface area (Å²) in [6, 6.07) is 23.5. The molecule has 2 heterocycles. The molecule has 8 heteroatoms. The molecule has 1 aliphatic heterocycles. The largest absolute Gasteiger partial charge is 0.340 e. The molecule has 0 bridgehead atoms. The van der Waals surface area contributed by atoms with Crippen molar-refractivity contribution in [3.8, 4) is 0 Å². The van der Waals surface area contributed by atoms with Gasteiger partial charge >= 0.3 is 0 Å². The number of rotatable bonds is 7. The van der Waals surface area contributed by atoms with E-state index in [0.29, 0.717) is 37.0 Å². The van der Waals surface area contributed by atoms with Crippen LogP contribution in [0.4, 0.5) is 11.5 Å². The number of piperazine rings is 1. The highest BCUT2D eigenvalue weighted by Crippen LogP contribution is 2.29. The average molecular weight is 530 g/mol. The van der Waals surface area contributed by atoms with Gasteiger partial charge in [-0.05, 0) is 61.7 Å². The number of fused-ring (bicyclic) bond motifs is 1. The fourth-order valence-electron chi connectivity index (χ4n) is 4.82. The highest BCUT2D eigenvalue weighted by atomic mass is 32.2. The highest BCUT2D eigenvalue weighted by molar-refractivity contribution is 7.89. The van der Waals surface area contributed by atoms with Crippen molar-refractivity contribution in [2.75, 3.05) is 31.5 Å². The van der Waals surface area contributed by atoms with Crippen LogP contribution in [0.15, 0.2) is 77.7 Å². The molecule has 0 amide bonds. The number of aromatic nitrogens is 2. The predicted molar refractivity (Wildman–Crippen MR) is 153 cm³/mol. The molecule has 0 saturated carbocycles. The SMILES string of the molecule is Cc1ccc(S(=O)(=O)N2CCN([C@@H](C)c3nc(Nc4ccc(C(C)C)cc4)c4ccccc4n3)CC2)cc1. The zero-order valence-electron chi connectivity index (χ0n) is 22.4. The summed E-state index contributed by atoms with van der Waals surface area (Å²) in [5.41, 5.74) is 4.19. The Bertz CT molecular complexity index is 1510. The van der Waals surface area contributed by atoms with Gasteiger partial charge in [0, 0.05) is 37.3 Å². The van der Waals surface area contributed by atoms with Crippen molar-refractivity contribution in [1.29, 1.82) is 0 Å². The maximum absolute atomic E-state index is 13.1. The lowest BCUT2D eigenvalue weighted by atomic mass is 10.0. The van der Waals surface area contributed by atoms with Crippen LogP contribution in [-0.4, -0.2) is 53.8 Å². The quantitative estimate of drug-likeness (QED) is 0.322. The van der Waals surface area contributed by atoms with Crippen molar-refractivity contribution < 1.29 is 8.42 Å². The third-order valence-electron chi connectivity index (χ3n) is 7.31. The summed E-state index contributed by atoms with van der Waals surface area (Å²) in [7, 11) is -3.51. The van der Waals surface area contributed by atoms with Crippen molar-refractivity contribution in [3.05, 3.63) is 89.7 Å². The second-order valence-corrected chi connectivity index (χ2v) is 12.2. The van der Waals surface area contributed by atoms with Crippen molar-refractivity contribution in [2.24, 2.45) is 0 Å². The Kier molecular flexibility index (Phi) is 7.47. The minimum Gasteiger partial charge on any atom is -0.340 e. The normalized spacial score (nSPS) is 16.1. The monoisotopic (exact) mass is 529 g/mol. The molecule has 1 saturated heterocycles. The summed E-state index contributed by atoms with van der Waals surface area (Å²) in [6.07, 6.45) is 0. The molecule has 0 aliphatic carbocycles. The Labute approximate surface area is 225 Å². The molecule has 38 heavy (non-hydrogen) atoms. The van der Waals surface area contributed by atoms with Gasteiger partial charge in [-0.3, -0.25) is 4.90 Å². The number of nitrogens with zero attached hydrogens (tertiary/aromatic N) is 4. The van der Waals surface area contributed by atoms with Crippen LogP contribution in [0, 0.1) is 6.92 Å².